The summed E-state index contributed by atoms with van der Waals surface area (Å²) >= 11 is 6.35. The van der Waals surface area contributed by atoms with E-state index in [1.165, 1.54) is 10.9 Å². The topological polar surface area (TPSA) is 153 Å². The van der Waals surface area contributed by atoms with Crippen LogP contribution in [0, 0.1) is 6.92 Å². The Labute approximate surface area is 191 Å². The van der Waals surface area contributed by atoms with E-state index >= 15 is 0 Å². The van der Waals surface area contributed by atoms with Gasteiger partial charge in [-0.2, -0.15) is 5.10 Å². The minimum Gasteiger partial charge on any atom is -0.421 e. The Morgan fingerprint density at radius 1 is 1.24 bits per heavy atom. The van der Waals surface area contributed by atoms with Gasteiger partial charge in [-0.15, -0.1) is 10.2 Å². The first-order valence-corrected chi connectivity index (χ1v) is 10.3. The zero-order valence-corrected chi connectivity index (χ0v) is 18.3. The second-order valence-electron chi connectivity index (χ2n) is 7.32. The van der Waals surface area contributed by atoms with Gasteiger partial charge in [0.1, 0.15) is 23.5 Å². The number of hydrogen-bond acceptors (Lipinski definition) is 9. The maximum absolute atomic E-state index is 13.5. The third-order valence-corrected chi connectivity index (χ3v) is 5.47. The van der Waals surface area contributed by atoms with Gasteiger partial charge in [0.15, 0.2) is 5.82 Å². The molecule has 0 saturated carbocycles. The maximum Gasteiger partial charge on any atom is 0.266 e. The molecule has 12 heteroatoms. The van der Waals surface area contributed by atoms with Gasteiger partial charge in [-0.25, -0.2) is 9.97 Å². The molecule has 0 aliphatic heterocycles. The van der Waals surface area contributed by atoms with E-state index in [1.807, 2.05) is 19.1 Å². The van der Waals surface area contributed by atoms with Crippen molar-refractivity contribution in [3.8, 4) is 17.3 Å². The lowest BCUT2D eigenvalue weighted by Gasteiger charge is -2.21. The fourth-order valence-corrected chi connectivity index (χ4v) is 3.93. The molecule has 0 bridgehead atoms. The molecule has 0 fully saturated rings. The van der Waals surface area contributed by atoms with Gasteiger partial charge >= 0.3 is 0 Å². The maximum atomic E-state index is 13.5. The van der Waals surface area contributed by atoms with E-state index in [1.54, 1.807) is 31.3 Å². The van der Waals surface area contributed by atoms with E-state index in [2.05, 4.69) is 35.7 Å². The van der Waals surface area contributed by atoms with Crippen molar-refractivity contribution in [3.63, 3.8) is 0 Å². The van der Waals surface area contributed by atoms with E-state index in [-0.39, 0.29) is 17.3 Å². The summed E-state index contributed by atoms with van der Waals surface area (Å²) in [6, 6.07) is 8.49. The van der Waals surface area contributed by atoms with Crippen molar-refractivity contribution < 1.29 is 4.42 Å². The molecular formula is C21H18ClN9O2. The number of pyridine rings is 1. The van der Waals surface area contributed by atoms with Gasteiger partial charge in [0.2, 0.25) is 5.89 Å². The first-order chi connectivity index (χ1) is 15.9. The highest BCUT2D eigenvalue weighted by Gasteiger charge is 2.23. The fourth-order valence-electron chi connectivity index (χ4n) is 3.67. The SMILES string of the molecule is Cc1nnc(-c2c(N)ncnc2NC(C)c2cc3cccc(Cl)c3c(=O)n2-c2cc[nH]n2)o1. The number of nitrogen functional groups attached to an aromatic ring is 1. The number of anilines is 2. The number of nitrogens with two attached hydrogens (primary N) is 1. The van der Waals surface area contributed by atoms with Crippen molar-refractivity contribution in [1.82, 2.24) is 34.9 Å². The van der Waals surface area contributed by atoms with E-state index < -0.39 is 6.04 Å². The van der Waals surface area contributed by atoms with Gasteiger partial charge in [-0.3, -0.25) is 14.5 Å². The smallest absolute Gasteiger partial charge is 0.266 e. The molecule has 0 radical (unpaired) electrons. The molecule has 1 unspecified atom stereocenters. The molecule has 4 N–H and O–H groups in total. The first kappa shape index (κ1) is 20.6. The van der Waals surface area contributed by atoms with Gasteiger partial charge in [0.25, 0.3) is 11.4 Å². The average Bonchev–Trinajstić information content (AvgIpc) is 3.45. The highest BCUT2D eigenvalue weighted by atomic mass is 35.5. The summed E-state index contributed by atoms with van der Waals surface area (Å²) in [5.41, 5.74) is 6.82. The number of benzene rings is 1. The number of aryl methyl sites for hydroxylation is 1. The highest BCUT2D eigenvalue weighted by Crippen LogP contribution is 2.32. The summed E-state index contributed by atoms with van der Waals surface area (Å²) in [5.74, 6) is 1.56. The van der Waals surface area contributed by atoms with Crippen LogP contribution in [0.15, 0.2) is 52.1 Å². The number of halogens is 1. The van der Waals surface area contributed by atoms with Gasteiger partial charge in [0.05, 0.1) is 22.1 Å². The molecule has 4 aromatic heterocycles. The number of nitrogens with zero attached hydrogens (tertiary/aromatic N) is 6. The molecule has 0 saturated heterocycles. The summed E-state index contributed by atoms with van der Waals surface area (Å²) in [5, 5.41) is 19.6. The lowest BCUT2D eigenvalue weighted by molar-refractivity contribution is 0.532. The number of aromatic nitrogens is 7. The normalized spacial score (nSPS) is 12.2. The molecule has 11 nitrogen and oxygen atoms in total. The molecule has 0 amide bonds. The Morgan fingerprint density at radius 3 is 2.82 bits per heavy atom. The first-order valence-electron chi connectivity index (χ1n) is 9.96. The van der Waals surface area contributed by atoms with Gasteiger partial charge in [-0.05, 0) is 24.4 Å². The number of hydrogen-bond donors (Lipinski definition) is 3. The van der Waals surface area contributed by atoms with Crippen LogP contribution in [0.25, 0.3) is 28.0 Å². The van der Waals surface area contributed by atoms with Crippen LogP contribution in [0.1, 0.15) is 24.6 Å². The van der Waals surface area contributed by atoms with Crippen LogP contribution < -0.4 is 16.6 Å². The van der Waals surface area contributed by atoms with Crippen LogP contribution in [0.3, 0.4) is 0 Å². The summed E-state index contributed by atoms with van der Waals surface area (Å²) in [6.45, 7) is 3.56. The van der Waals surface area contributed by atoms with Crippen LogP contribution in [0.2, 0.25) is 5.02 Å². The van der Waals surface area contributed by atoms with Crippen LogP contribution in [0.4, 0.5) is 11.6 Å². The standard InChI is InChI=1S/C21H18ClN9O2/c1-10(27-19-17(18(23)24-9-25-19)20-30-28-11(2)33-20)14-8-12-4-3-5-13(22)16(12)21(32)31(14)15-6-7-26-29-15/h3-10H,1-2H3,(H,26,29)(H3,23,24,25,27). The van der Waals surface area contributed by atoms with Gasteiger partial charge in [-0.1, -0.05) is 23.7 Å². The fraction of sp³-hybridized carbons (Fsp3) is 0.143. The molecular weight excluding hydrogens is 446 g/mol. The molecule has 33 heavy (non-hydrogen) atoms. The quantitative estimate of drug-likeness (QED) is 0.356. The minimum atomic E-state index is -0.421. The molecule has 5 rings (SSSR count). The summed E-state index contributed by atoms with van der Waals surface area (Å²) in [6.07, 6.45) is 2.97. The largest absolute Gasteiger partial charge is 0.421 e. The summed E-state index contributed by atoms with van der Waals surface area (Å²) in [7, 11) is 0. The van der Waals surface area contributed by atoms with Crippen LogP contribution in [0.5, 0.6) is 0 Å². The van der Waals surface area contributed by atoms with E-state index in [0.717, 1.165) is 0 Å². The number of fused-ring (bicyclic) bond motifs is 1. The second-order valence-corrected chi connectivity index (χ2v) is 7.73. The Bertz CT molecular complexity index is 1530. The number of H-pyrrole nitrogens is 1. The van der Waals surface area contributed by atoms with E-state index in [4.69, 9.17) is 21.8 Å². The van der Waals surface area contributed by atoms with Crippen molar-refractivity contribution in [2.75, 3.05) is 11.1 Å². The number of nitrogens with one attached hydrogen (secondary N) is 2. The monoisotopic (exact) mass is 463 g/mol. The third kappa shape index (κ3) is 3.57. The summed E-state index contributed by atoms with van der Waals surface area (Å²) < 4.78 is 7.05. The molecule has 0 aliphatic rings. The van der Waals surface area contributed by atoms with Crippen LogP contribution in [-0.4, -0.2) is 34.9 Å². The van der Waals surface area contributed by atoms with E-state index in [9.17, 15) is 4.79 Å². The lowest BCUT2D eigenvalue weighted by Crippen LogP contribution is -2.26. The molecule has 166 valence electrons. The zero-order chi connectivity index (χ0) is 23.1. The molecule has 1 atom stereocenters. The van der Waals surface area contributed by atoms with Crippen molar-refractivity contribution in [1.29, 1.82) is 0 Å². The lowest BCUT2D eigenvalue weighted by atomic mass is 10.1. The molecule has 0 spiro atoms. The van der Waals surface area contributed by atoms with Crippen molar-refractivity contribution in [2.45, 2.75) is 19.9 Å². The predicted molar refractivity (Wildman–Crippen MR) is 123 cm³/mol. The second kappa shape index (κ2) is 8.02. The molecule has 1 aromatic carbocycles. The Balaban J connectivity index is 1.66. The van der Waals surface area contributed by atoms with E-state index in [0.29, 0.717) is 44.6 Å². The van der Waals surface area contributed by atoms with Crippen LogP contribution in [-0.2, 0) is 0 Å². The zero-order valence-electron chi connectivity index (χ0n) is 17.6. The van der Waals surface area contributed by atoms with Crippen LogP contribution >= 0.6 is 11.6 Å². The van der Waals surface area contributed by atoms with Crippen molar-refractivity contribution >= 4 is 34.0 Å². The van der Waals surface area contributed by atoms with Crippen molar-refractivity contribution in [3.05, 3.63) is 69.8 Å². The Kier molecular flexibility index (Phi) is 5.02. The molecule has 5 aromatic rings. The van der Waals surface area contributed by atoms with Gasteiger partial charge < -0.3 is 15.5 Å². The summed E-state index contributed by atoms with van der Waals surface area (Å²) in [4.78, 5) is 21.9. The van der Waals surface area contributed by atoms with Gasteiger partial charge in [0, 0.05) is 19.2 Å². The average molecular weight is 464 g/mol. The number of aromatic amines is 1. The molecule has 4 heterocycles. The Morgan fingerprint density at radius 2 is 2.09 bits per heavy atom. The Hall–Kier alpha value is -4.25. The third-order valence-electron chi connectivity index (χ3n) is 5.15. The predicted octanol–water partition coefficient (Wildman–Crippen LogP) is 3.27. The molecule has 0 aliphatic carbocycles. The minimum absolute atomic E-state index is 0.179. The van der Waals surface area contributed by atoms with Crippen molar-refractivity contribution in [2.24, 2.45) is 0 Å². The highest BCUT2D eigenvalue weighted by molar-refractivity contribution is 6.35. The number of rotatable bonds is 5.